The molecule has 1 amide bonds. The molecule has 0 radical (unpaired) electrons. The molecule has 2 heterocycles. The molecule has 0 bridgehead atoms. The number of thioether (sulfide) groups is 1. The number of nitrogens with one attached hydrogen (secondary N) is 1. The highest BCUT2D eigenvalue weighted by molar-refractivity contribution is 7.99. The highest BCUT2D eigenvalue weighted by Gasteiger charge is 2.13. The number of benzene rings is 2. The number of anilines is 1. The van der Waals surface area contributed by atoms with Crippen LogP contribution in [0.25, 0.3) is 5.69 Å². The second-order valence-electron chi connectivity index (χ2n) is 6.12. The quantitative estimate of drug-likeness (QED) is 0.415. The van der Waals surface area contributed by atoms with Gasteiger partial charge in [0.15, 0.2) is 5.13 Å². The average molecular weight is 461 g/mol. The second kappa shape index (κ2) is 9.33. The van der Waals surface area contributed by atoms with Gasteiger partial charge in [-0.05, 0) is 52.4 Å². The van der Waals surface area contributed by atoms with Crippen LogP contribution >= 0.6 is 34.7 Å². The van der Waals surface area contributed by atoms with Gasteiger partial charge in [-0.2, -0.15) is 4.68 Å². The summed E-state index contributed by atoms with van der Waals surface area (Å²) in [6, 6.07) is 13.4. The maximum absolute atomic E-state index is 13.1. The monoisotopic (exact) mass is 460 g/mol. The molecule has 0 atom stereocenters. The molecule has 4 aromatic rings. The van der Waals surface area contributed by atoms with Crippen molar-refractivity contribution in [1.82, 2.24) is 25.2 Å². The first-order valence-electron chi connectivity index (χ1n) is 8.73. The lowest BCUT2D eigenvalue weighted by Gasteiger charge is -2.04. The Morgan fingerprint density at radius 3 is 2.70 bits per heavy atom. The Morgan fingerprint density at radius 1 is 1.17 bits per heavy atom. The number of nitrogens with zero attached hydrogens (tertiary/aromatic N) is 5. The molecule has 2 aromatic heterocycles. The zero-order chi connectivity index (χ0) is 20.9. The number of aromatic nitrogens is 5. The van der Waals surface area contributed by atoms with Crippen LogP contribution in [0.15, 0.2) is 59.9 Å². The van der Waals surface area contributed by atoms with Gasteiger partial charge >= 0.3 is 0 Å². The molecule has 0 aliphatic heterocycles. The Hall–Kier alpha value is -2.82. The molecular weight excluding hydrogens is 447 g/mol. The largest absolute Gasteiger partial charge is 0.301 e. The minimum atomic E-state index is -0.348. The molecule has 0 saturated heterocycles. The van der Waals surface area contributed by atoms with E-state index in [0.717, 1.165) is 10.4 Å². The van der Waals surface area contributed by atoms with Crippen LogP contribution < -0.4 is 5.32 Å². The minimum Gasteiger partial charge on any atom is -0.301 e. The zero-order valence-corrected chi connectivity index (χ0v) is 17.7. The smallest absolute Gasteiger partial charge is 0.236 e. The van der Waals surface area contributed by atoms with Gasteiger partial charge in [0.05, 0.1) is 11.4 Å². The Balaban J connectivity index is 1.33. The fraction of sp³-hybridized carbons (Fsp3) is 0.105. The van der Waals surface area contributed by atoms with Gasteiger partial charge in [0, 0.05) is 22.5 Å². The first-order chi connectivity index (χ1) is 14.6. The van der Waals surface area contributed by atoms with E-state index in [-0.39, 0.29) is 17.5 Å². The van der Waals surface area contributed by atoms with Crippen LogP contribution in [0, 0.1) is 5.82 Å². The van der Waals surface area contributed by atoms with Gasteiger partial charge in [-0.1, -0.05) is 35.5 Å². The summed E-state index contributed by atoms with van der Waals surface area (Å²) in [6.45, 7) is 0. The normalized spacial score (nSPS) is 10.9. The predicted octanol–water partition coefficient (Wildman–Crippen LogP) is 4.23. The number of halogens is 2. The molecule has 7 nitrogen and oxygen atoms in total. The second-order valence-corrected chi connectivity index (χ2v) is 8.62. The highest BCUT2D eigenvalue weighted by atomic mass is 35.5. The third kappa shape index (κ3) is 5.21. The van der Waals surface area contributed by atoms with E-state index in [1.165, 1.54) is 39.9 Å². The van der Waals surface area contributed by atoms with Gasteiger partial charge in [0.25, 0.3) is 0 Å². The first kappa shape index (κ1) is 20.5. The first-order valence-corrected chi connectivity index (χ1v) is 10.9. The third-order valence-electron chi connectivity index (χ3n) is 3.94. The molecular formula is C19H14ClFN6OS2. The molecule has 4 rings (SSSR count). The topological polar surface area (TPSA) is 85.6 Å². The van der Waals surface area contributed by atoms with E-state index in [4.69, 9.17) is 11.6 Å². The molecule has 0 spiro atoms. The number of hydrogen-bond donors (Lipinski definition) is 1. The fourth-order valence-electron chi connectivity index (χ4n) is 2.55. The molecule has 2 aromatic carbocycles. The summed E-state index contributed by atoms with van der Waals surface area (Å²) in [6.07, 6.45) is 2.46. The van der Waals surface area contributed by atoms with E-state index in [1.807, 2.05) is 24.3 Å². The van der Waals surface area contributed by atoms with E-state index < -0.39 is 0 Å². The Kier molecular flexibility index (Phi) is 6.36. The lowest BCUT2D eigenvalue weighted by molar-refractivity contribution is -0.113. The zero-order valence-electron chi connectivity index (χ0n) is 15.3. The van der Waals surface area contributed by atoms with Gasteiger partial charge in [-0.25, -0.2) is 9.37 Å². The fourth-order valence-corrected chi connectivity index (χ4v) is 4.23. The van der Waals surface area contributed by atoms with Crippen LogP contribution in [-0.4, -0.2) is 36.9 Å². The highest BCUT2D eigenvalue weighted by Crippen LogP contribution is 2.23. The maximum Gasteiger partial charge on any atom is 0.236 e. The van der Waals surface area contributed by atoms with Crippen LogP contribution in [-0.2, 0) is 11.2 Å². The van der Waals surface area contributed by atoms with E-state index in [9.17, 15) is 9.18 Å². The molecule has 0 aliphatic rings. The van der Waals surface area contributed by atoms with Crippen LogP contribution in [0.1, 0.15) is 10.4 Å². The minimum absolute atomic E-state index is 0.105. The third-order valence-corrected chi connectivity index (χ3v) is 6.02. The lowest BCUT2D eigenvalue weighted by Crippen LogP contribution is -2.14. The van der Waals surface area contributed by atoms with Gasteiger partial charge in [0.1, 0.15) is 5.82 Å². The maximum atomic E-state index is 13.1. The molecule has 0 fully saturated rings. The molecule has 0 unspecified atom stereocenters. The molecule has 0 aliphatic carbocycles. The summed E-state index contributed by atoms with van der Waals surface area (Å²) in [5, 5.41) is 15.9. The van der Waals surface area contributed by atoms with Crippen molar-refractivity contribution < 1.29 is 9.18 Å². The lowest BCUT2D eigenvalue weighted by atomic mass is 10.1. The van der Waals surface area contributed by atoms with E-state index in [2.05, 4.69) is 25.8 Å². The summed E-state index contributed by atoms with van der Waals surface area (Å²) >= 11 is 8.50. The number of thiazole rings is 1. The van der Waals surface area contributed by atoms with Crippen molar-refractivity contribution in [2.75, 3.05) is 11.1 Å². The van der Waals surface area contributed by atoms with Gasteiger partial charge < -0.3 is 5.32 Å². The van der Waals surface area contributed by atoms with E-state index in [1.54, 1.807) is 18.3 Å². The molecule has 11 heteroatoms. The number of rotatable bonds is 7. The summed E-state index contributed by atoms with van der Waals surface area (Å²) in [4.78, 5) is 17.6. The van der Waals surface area contributed by atoms with Crippen molar-refractivity contribution >= 4 is 45.7 Å². The number of carbonyl (C=O) groups excluding carboxylic acids is 1. The van der Waals surface area contributed by atoms with Gasteiger partial charge in [0.2, 0.25) is 11.1 Å². The molecule has 0 saturated carbocycles. The van der Waals surface area contributed by atoms with Crippen molar-refractivity contribution in [3.8, 4) is 5.69 Å². The van der Waals surface area contributed by atoms with Crippen molar-refractivity contribution in [3.05, 3.63) is 76.0 Å². The Labute approximate surface area is 184 Å². The molecule has 152 valence electrons. The van der Waals surface area contributed by atoms with Crippen LogP contribution in [0.5, 0.6) is 0 Å². The predicted molar refractivity (Wildman–Crippen MR) is 115 cm³/mol. The van der Waals surface area contributed by atoms with Crippen molar-refractivity contribution in [2.45, 2.75) is 11.6 Å². The Morgan fingerprint density at radius 2 is 1.93 bits per heavy atom. The SMILES string of the molecule is O=C(CSc1nnnn1-c1ccc(F)cc1)Nc1ncc(Cc2ccc(Cl)cc2)s1. The van der Waals surface area contributed by atoms with Gasteiger partial charge in [-0.3, -0.25) is 4.79 Å². The van der Waals surface area contributed by atoms with E-state index in [0.29, 0.717) is 27.4 Å². The van der Waals surface area contributed by atoms with Crippen molar-refractivity contribution in [2.24, 2.45) is 0 Å². The number of tetrazole rings is 1. The van der Waals surface area contributed by atoms with Crippen molar-refractivity contribution in [3.63, 3.8) is 0 Å². The van der Waals surface area contributed by atoms with Crippen molar-refractivity contribution in [1.29, 1.82) is 0 Å². The summed E-state index contributed by atoms with van der Waals surface area (Å²) < 4.78 is 14.5. The van der Waals surface area contributed by atoms with Crippen LogP contribution in [0.2, 0.25) is 5.02 Å². The standard InChI is InChI=1S/C19H14ClFN6OS2/c20-13-3-1-12(2-4-13)9-16-10-22-18(30-16)23-17(28)11-29-19-24-25-26-27(19)15-7-5-14(21)6-8-15/h1-8,10H,9,11H2,(H,22,23,28). The Bertz CT molecular complexity index is 1150. The molecule has 30 heavy (non-hydrogen) atoms. The summed E-state index contributed by atoms with van der Waals surface area (Å²) in [5.74, 6) is -0.464. The van der Waals surface area contributed by atoms with E-state index >= 15 is 0 Å². The summed E-state index contributed by atoms with van der Waals surface area (Å²) in [5.41, 5.74) is 1.72. The molecule has 1 N–H and O–H groups in total. The number of hydrogen-bond acceptors (Lipinski definition) is 7. The number of amides is 1. The van der Waals surface area contributed by atoms with Crippen LogP contribution in [0.4, 0.5) is 9.52 Å². The number of carbonyl (C=O) groups is 1. The van der Waals surface area contributed by atoms with Gasteiger partial charge in [-0.15, -0.1) is 16.4 Å². The summed E-state index contributed by atoms with van der Waals surface area (Å²) in [7, 11) is 0. The average Bonchev–Trinajstić information content (AvgIpc) is 3.38. The van der Waals surface area contributed by atoms with Crippen LogP contribution in [0.3, 0.4) is 0 Å².